The van der Waals surface area contributed by atoms with Crippen molar-refractivity contribution in [1.29, 1.82) is 0 Å². The zero-order valence-electron chi connectivity index (χ0n) is 15.3. The summed E-state index contributed by atoms with van der Waals surface area (Å²) in [5, 5.41) is 16.3. The van der Waals surface area contributed by atoms with Crippen LogP contribution in [0.1, 0.15) is 17.2 Å². The lowest BCUT2D eigenvalue weighted by Gasteiger charge is -2.12. The number of aliphatic hydroxyl groups excluding tert-OH is 1. The molecule has 2 N–H and O–H groups in total. The van der Waals surface area contributed by atoms with E-state index in [0.717, 1.165) is 32.3 Å². The maximum atomic E-state index is 12.3. The molecule has 140 valence electrons. The summed E-state index contributed by atoms with van der Waals surface area (Å²) in [6, 6.07) is 26.2. The summed E-state index contributed by atoms with van der Waals surface area (Å²) in [4.78, 5) is 12.3. The molecule has 3 aromatic carbocycles. The minimum absolute atomic E-state index is 0.0916. The maximum Gasteiger partial charge on any atom is 0.224 e. The summed E-state index contributed by atoms with van der Waals surface area (Å²) in [6.45, 7) is 0.210. The van der Waals surface area contributed by atoms with Crippen molar-refractivity contribution in [2.75, 3.05) is 6.54 Å². The molecule has 28 heavy (non-hydrogen) atoms. The fourth-order valence-corrected chi connectivity index (χ4v) is 4.28. The summed E-state index contributed by atoms with van der Waals surface area (Å²) >= 11 is 1.61. The van der Waals surface area contributed by atoms with Gasteiger partial charge in [0.15, 0.2) is 0 Å². The van der Waals surface area contributed by atoms with Crippen molar-refractivity contribution in [2.24, 2.45) is 0 Å². The molecule has 4 rings (SSSR count). The first-order chi connectivity index (χ1) is 13.7. The lowest BCUT2D eigenvalue weighted by molar-refractivity contribution is -0.120. The van der Waals surface area contributed by atoms with E-state index in [9.17, 15) is 9.90 Å². The van der Waals surface area contributed by atoms with Gasteiger partial charge in [0.2, 0.25) is 5.91 Å². The average Bonchev–Trinajstić information content (AvgIpc) is 3.17. The monoisotopic (exact) mass is 387 g/mol. The summed E-state index contributed by atoms with van der Waals surface area (Å²) in [6.07, 6.45) is -0.410. The zero-order valence-corrected chi connectivity index (χ0v) is 16.2. The van der Waals surface area contributed by atoms with Gasteiger partial charge in [-0.2, -0.15) is 0 Å². The second-order valence-electron chi connectivity index (χ2n) is 6.75. The van der Waals surface area contributed by atoms with Crippen LogP contribution in [0, 0.1) is 0 Å². The van der Waals surface area contributed by atoms with Crippen molar-refractivity contribution in [3.63, 3.8) is 0 Å². The Labute approximate surface area is 168 Å². The normalized spacial score (nSPS) is 12.0. The molecule has 3 nitrogen and oxygen atoms in total. The van der Waals surface area contributed by atoms with Crippen LogP contribution in [0.3, 0.4) is 0 Å². The van der Waals surface area contributed by atoms with Gasteiger partial charge in [0.05, 0.1) is 12.5 Å². The van der Waals surface area contributed by atoms with Crippen LogP contribution in [0.5, 0.6) is 0 Å². The number of amides is 1. The minimum Gasteiger partial charge on any atom is -0.387 e. The molecule has 1 atom stereocenters. The second kappa shape index (κ2) is 8.38. The Balaban J connectivity index is 1.34. The van der Waals surface area contributed by atoms with Gasteiger partial charge in [-0.25, -0.2) is 0 Å². The number of hydrogen-bond acceptors (Lipinski definition) is 3. The van der Waals surface area contributed by atoms with Crippen LogP contribution in [0.25, 0.3) is 21.2 Å². The highest BCUT2D eigenvalue weighted by Gasteiger charge is 2.14. The zero-order chi connectivity index (χ0) is 19.3. The summed E-state index contributed by atoms with van der Waals surface area (Å²) in [7, 11) is 0. The molecule has 0 saturated carbocycles. The molecule has 0 aliphatic carbocycles. The van der Waals surface area contributed by atoms with Crippen LogP contribution in [-0.2, 0) is 11.2 Å². The number of carbonyl (C=O) groups excluding carboxylic acids is 1. The molecule has 0 radical (unpaired) electrons. The lowest BCUT2D eigenvalue weighted by Crippen LogP contribution is -2.29. The van der Waals surface area contributed by atoms with Gasteiger partial charge in [0.1, 0.15) is 0 Å². The van der Waals surface area contributed by atoms with Gasteiger partial charge in [-0.3, -0.25) is 4.79 Å². The molecule has 0 unspecified atom stereocenters. The quantitative estimate of drug-likeness (QED) is 0.491. The molecular formula is C24H21NO2S. The van der Waals surface area contributed by atoms with E-state index in [1.165, 1.54) is 0 Å². The van der Waals surface area contributed by atoms with E-state index < -0.39 is 6.10 Å². The Kier molecular flexibility index (Phi) is 5.51. The number of carbonyl (C=O) groups is 1. The van der Waals surface area contributed by atoms with E-state index in [0.29, 0.717) is 6.42 Å². The molecule has 4 heteroatoms. The number of aliphatic hydroxyl groups is 1. The second-order valence-corrected chi connectivity index (χ2v) is 7.66. The maximum absolute atomic E-state index is 12.3. The molecule has 1 amide bonds. The third-order valence-electron chi connectivity index (χ3n) is 4.79. The summed E-state index contributed by atoms with van der Waals surface area (Å²) in [5.74, 6) is -0.0916. The van der Waals surface area contributed by atoms with Gasteiger partial charge in [-0.05, 0) is 33.5 Å². The highest BCUT2D eigenvalue weighted by atomic mass is 32.1. The number of benzene rings is 3. The van der Waals surface area contributed by atoms with E-state index in [1.807, 2.05) is 72.1 Å². The van der Waals surface area contributed by atoms with Crippen molar-refractivity contribution < 1.29 is 9.90 Å². The number of thiophene rings is 1. The van der Waals surface area contributed by atoms with Gasteiger partial charge in [-0.1, -0.05) is 72.8 Å². The van der Waals surface area contributed by atoms with Crippen molar-refractivity contribution in [2.45, 2.75) is 12.5 Å². The largest absolute Gasteiger partial charge is 0.387 e. The molecule has 0 bridgehead atoms. The van der Waals surface area contributed by atoms with Crippen LogP contribution in [0.15, 0.2) is 84.2 Å². The molecule has 0 fully saturated rings. The van der Waals surface area contributed by atoms with Gasteiger partial charge in [0.25, 0.3) is 0 Å². The first-order valence-electron chi connectivity index (χ1n) is 9.26. The fraction of sp³-hybridized carbons (Fsp3) is 0.125. The molecule has 0 aliphatic heterocycles. The molecule has 4 aromatic rings. The third kappa shape index (κ3) is 4.14. The van der Waals surface area contributed by atoms with Crippen LogP contribution in [0.4, 0.5) is 0 Å². The van der Waals surface area contributed by atoms with Gasteiger partial charge >= 0.3 is 0 Å². The van der Waals surface area contributed by atoms with Crippen LogP contribution >= 0.6 is 11.3 Å². The van der Waals surface area contributed by atoms with E-state index in [1.54, 1.807) is 11.3 Å². The van der Waals surface area contributed by atoms with Gasteiger partial charge in [0, 0.05) is 16.8 Å². The Morgan fingerprint density at radius 3 is 2.36 bits per heavy atom. The Morgan fingerprint density at radius 2 is 1.57 bits per heavy atom. The Morgan fingerprint density at radius 1 is 0.893 bits per heavy atom. The first kappa shape index (κ1) is 18.4. The van der Waals surface area contributed by atoms with Crippen molar-refractivity contribution in [3.05, 3.63) is 95.4 Å². The SMILES string of the molecule is O=C(Cc1ccc(-c2ccccc2)cc1)NC[C@H](O)c1csc2ccccc12. The summed E-state index contributed by atoms with van der Waals surface area (Å²) < 4.78 is 1.14. The van der Waals surface area contributed by atoms with E-state index in [-0.39, 0.29) is 12.5 Å². The third-order valence-corrected chi connectivity index (χ3v) is 5.77. The molecule has 0 spiro atoms. The highest BCUT2D eigenvalue weighted by molar-refractivity contribution is 7.17. The van der Waals surface area contributed by atoms with E-state index in [2.05, 4.69) is 17.4 Å². The molecule has 1 aromatic heterocycles. The lowest BCUT2D eigenvalue weighted by atomic mass is 10.0. The van der Waals surface area contributed by atoms with Gasteiger partial charge in [-0.15, -0.1) is 11.3 Å². The standard InChI is InChI=1S/C24H21NO2S/c26-22(21-16-28-23-9-5-4-8-20(21)23)15-25-24(27)14-17-10-12-19(13-11-17)18-6-2-1-3-7-18/h1-13,16,22,26H,14-15H2,(H,25,27)/t22-/m0/s1. The molecule has 0 saturated heterocycles. The predicted molar refractivity (Wildman–Crippen MR) is 115 cm³/mol. The smallest absolute Gasteiger partial charge is 0.224 e. The summed E-state index contributed by atoms with van der Waals surface area (Å²) in [5.41, 5.74) is 4.11. The molecule has 1 heterocycles. The number of rotatable bonds is 6. The highest BCUT2D eigenvalue weighted by Crippen LogP contribution is 2.29. The van der Waals surface area contributed by atoms with Crippen LogP contribution < -0.4 is 5.32 Å². The molecule has 0 aliphatic rings. The fourth-order valence-electron chi connectivity index (χ4n) is 3.27. The Bertz CT molecular complexity index is 1070. The predicted octanol–water partition coefficient (Wildman–Crippen LogP) is 4.96. The van der Waals surface area contributed by atoms with Crippen molar-refractivity contribution >= 4 is 27.3 Å². The first-order valence-corrected chi connectivity index (χ1v) is 10.1. The van der Waals surface area contributed by atoms with Crippen molar-refractivity contribution in [3.8, 4) is 11.1 Å². The van der Waals surface area contributed by atoms with Crippen LogP contribution in [-0.4, -0.2) is 17.6 Å². The number of fused-ring (bicyclic) bond motifs is 1. The van der Waals surface area contributed by atoms with E-state index in [4.69, 9.17) is 0 Å². The van der Waals surface area contributed by atoms with Crippen LogP contribution in [0.2, 0.25) is 0 Å². The van der Waals surface area contributed by atoms with E-state index >= 15 is 0 Å². The minimum atomic E-state index is -0.708. The van der Waals surface area contributed by atoms with Gasteiger partial charge < -0.3 is 10.4 Å². The molecular weight excluding hydrogens is 366 g/mol. The Hall–Kier alpha value is -2.95. The van der Waals surface area contributed by atoms with Crippen molar-refractivity contribution in [1.82, 2.24) is 5.32 Å². The number of nitrogens with one attached hydrogen (secondary N) is 1. The number of hydrogen-bond donors (Lipinski definition) is 2. The average molecular weight is 388 g/mol. The topological polar surface area (TPSA) is 49.3 Å².